The van der Waals surface area contributed by atoms with Crippen molar-refractivity contribution in [1.29, 1.82) is 0 Å². The lowest BCUT2D eigenvalue weighted by Gasteiger charge is -2.25. The second kappa shape index (κ2) is 8.40. The van der Waals surface area contributed by atoms with Crippen molar-refractivity contribution in [3.8, 4) is 0 Å². The molecule has 24 heavy (non-hydrogen) atoms. The summed E-state index contributed by atoms with van der Waals surface area (Å²) in [6, 6.07) is 10.3. The van der Waals surface area contributed by atoms with Gasteiger partial charge < -0.3 is 4.74 Å². The topological polar surface area (TPSA) is 47.6 Å². The molecule has 0 saturated carbocycles. The lowest BCUT2D eigenvalue weighted by Crippen LogP contribution is -2.35. The van der Waals surface area contributed by atoms with Crippen LogP contribution in [-0.2, 0) is 20.8 Å². The van der Waals surface area contributed by atoms with Crippen LogP contribution in [0.3, 0.4) is 0 Å². The van der Waals surface area contributed by atoms with Gasteiger partial charge in [0.05, 0.1) is 12.7 Å². The first-order valence-electron chi connectivity index (χ1n) is 8.09. The third-order valence-electron chi connectivity index (χ3n) is 3.55. The number of allylic oxidation sites excluding steroid dienone is 1. The first-order chi connectivity index (χ1) is 11.4. The standard InChI is InChI=1S/C19H27NO3S/c1-19(2,3)23-20-18(21)13-17(12-15-8-6-5-7-9-15)24-11-10-16(14-24)22-4/h5-11,14,17,24H,12-13H2,1-4H3,(H,20,21). The Morgan fingerprint density at radius 1 is 1.25 bits per heavy atom. The lowest BCUT2D eigenvalue weighted by atomic mass is 10.1. The van der Waals surface area contributed by atoms with Crippen molar-refractivity contribution in [2.45, 2.75) is 44.5 Å². The number of benzene rings is 1. The van der Waals surface area contributed by atoms with Crippen LogP contribution in [-0.4, -0.2) is 23.9 Å². The predicted molar refractivity (Wildman–Crippen MR) is 101 cm³/mol. The number of ether oxygens (including phenoxy) is 1. The SMILES string of the molecule is COC1=C[SH](C(CC(=O)NOC(C)(C)C)Cc2ccccc2)C=C1. The van der Waals surface area contributed by atoms with Crippen molar-refractivity contribution in [3.63, 3.8) is 0 Å². The average Bonchev–Trinajstić information content (AvgIpc) is 3.02. The van der Waals surface area contributed by atoms with Gasteiger partial charge in [-0.15, -0.1) is 0 Å². The van der Waals surface area contributed by atoms with Crippen LogP contribution >= 0.6 is 10.9 Å². The monoisotopic (exact) mass is 349 g/mol. The smallest absolute Gasteiger partial charge is 0.244 e. The summed E-state index contributed by atoms with van der Waals surface area (Å²) in [6.07, 6.45) is 3.27. The van der Waals surface area contributed by atoms with Crippen molar-refractivity contribution in [3.05, 3.63) is 58.5 Å². The highest BCUT2D eigenvalue weighted by molar-refractivity contribution is 8.22. The van der Waals surface area contributed by atoms with Gasteiger partial charge in [-0.1, -0.05) is 30.3 Å². The molecule has 2 rings (SSSR count). The molecule has 0 bridgehead atoms. The zero-order chi connectivity index (χ0) is 17.6. The molecule has 1 aliphatic heterocycles. The van der Waals surface area contributed by atoms with Gasteiger partial charge >= 0.3 is 0 Å². The number of amides is 1. The van der Waals surface area contributed by atoms with E-state index in [1.165, 1.54) is 5.56 Å². The number of nitrogens with one attached hydrogen (secondary N) is 1. The maximum absolute atomic E-state index is 12.3. The van der Waals surface area contributed by atoms with E-state index in [0.29, 0.717) is 6.42 Å². The van der Waals surface area contributed by atoms with Crippen LogP contribution in [0, 0.1) is 0 Å². The van der Waals surface area contributed by atoms with Gasteiger partial charge in [0, 0.05) is 11.7 Å². The molecule has 1 amide bonds. The number of hydrogen-bond donors (Lipinski definition) is 2. The van der Waals surface area contributed by atoms with E-state index >= 15 is 0 Å². The molecule has 1 N–H and O–H groups in total. The van der Waals surface area contributed by atoms with Crippen LogP contribution < -0.4 is 5.48 Å². The zero-order valence-electron chi connectivity index (χ0n) is 14.8. The number of rotatable bonds is 7. The van der Waals surface area contributed by atoms with Gasteiger partial charge in [-0.3, -0.25) is 9.63 Å². The molecule has 0 saturated heterocycles. The molecule has 1 heterocycles. The molecule has 0 radical (unpaired) electrons. The minimum absolute atomic E-state index is 0.0824. The lowest BCUT2D eigenvalue weighted by molar-refractivity contribution is -0.145. The summed E-state index contributed by atoms with van der Waals surface area (Å²) < 4.78 is 5.30. The van der Waals surface area contributed by atoms with Crippen molar-refractivity contribution in [1.82, 2.24) is 5.48 Å². The third kappa shape index (κ3) is 6.06. The quantitative estimate of drug-likeness (QED) is 0.581. The average molecular weight is 349 g/mol. The maximum atomic E-state index is 12.3. The van der Waals surface area contributed by atoms with E-state index in [4.69, 9.17) is 9.57 Å². The zero-order valence-corrected chi connectivity index (χ0v) is 15.7. The van der Waals surface area contributed by atoms with E-state index in [1.54, 1.807) is 7.11 Å². The van der Waals surface area contributed by atoms with Gasteiger partial charge in [0.15, 0.2) is 0 Å². The summed E-state index contributed by atoms with van der Waals surface area (Å²) in [5.41, 5.74) is 3.42. The highest BCUT2D eigenvalue weighted by Gasteiger charge is 2.23. The van der Waals surface area contributed by atoms with Gasteiger partial charge in [-0.25, -0.2) is 16.4 Å². The van der Waals surface area contributed by atoms with Crippen LogP contribution in [0.1, 0.15) is 32.8 Å². The fourth-order valence-corrected chi connectivity index (χ4v) is 4.52. The number of thiol groups is 1. The van der Waals surface area contributed by atoms with Gasteiger partial charge in [0.2, 0.25) is 5.91 Å². The first-order valence-corrected chi connectivity index (χ1v) is 9.64. The second-order valence-corrected chi connectivity index (χ2v) is 8.97. The first kappa shape index (κ1) is 18.6. The number of methoxy groups -OCH3 is 1. The van der Waals surface area contributed by atoms with Crippen molar-refractivity contribution in [2.75, 3.05) is 7.11 Å². The Morgan fingerprint density at radius 3 is 2.54 bits per heavy atom. The van der Waals surface area contributed by atoms with Crippen LogP contribution in [0.25, 0.3) is 0 Å². The molecule has 1 aromatic rings. The minimum atomic E-state index is -0.533. The molecule has 2 unspecified atom stereocenters. The Kier molecular flexibility index (Phi) is 6.52. The molecule has 1 aliphatic rings. The van der Waals surface area contributed by atoms with E-state index in [-0.39, 0.29) is 11.2 Å². The number of carbonyl (C=O) groups is 1. The molecular weight excluding hydrogens is 322 g/mol. The Morgan fingerprint density at radius 2 is 1.96 bits per heavy atom. The second-order valence-electron chi connectivity index (χ2n) is 6.79. The normalized spacial score (nSPS) is 19.7. The highest BCUT2D eigenvalue weighted by Crippen LogP contribution is 2.43. The fourth-order valence-electron chi connectivity index (χ4n) is 2.38. The summed E-state index contributed by atoms with van der Waals surface area (Å²) in [7, 11) is 1.14. The van der Waals surface area contributed by atoms with E-state index in [2.05, 4.69) is 28.4 Å². The Labute approximate surface area is 147 Å². The van der Waals surface area contributed by atoms with E-state index in [9.17, 15) is 4.79 Å². The molecule has 4 nitrogen and oxygen atoms in total. The molecular formula is C19H27NO3S. The Balaban J connectivity index is 2.04. The van der Waals surface area contributed by atoms with Crippen molar-refractivity contribution in [2.24, 2.45) is 0 Å². The van der Waals surface area contributed by atoms with Gasteiger partial charge in [-0.2, -0.15) is 0 Å². The molecule has 2 atom stereocenters. The number of carbonyl (C=O) groups excluding carboxylic acids is 1. The van der Waals surface area contributed by atoms with Crippen molar-refractivity contribution < 1.29 is 14.4 Å². The van der Waals surface area contributed by atoms with E-state index in [1.807, 2.05) is 45.0 Å². The largest absolute Gasteiger partial charge is 0.496 e. The van der Waals surface area contributed by atoms with Crippen LogP contribution in [0.15, 0.2) is 53.0 Å². The van der Waals surface area contributed by atoms with Gasteiger partial charge in [0.25, 0.3) is 0 Å². The van der Waals surface area contributed by atoms with Crippen LogP contribution in [0.4, 0.5) is 0 Å². The molecule has 132 valence electrons. The molecule has 0 fully saturated rings. The van der Waals surface area contributed by atoms with Crippen LogP contribution in [0.5, 0.6) is 0 Å². The molecule has 0 aliphatic carbocycles. The minimum Gasteiger partial charge on any atom is -0.496 e. The maximum Gasteiger partial charge on any atom is 0.244 e. The van der Waals surface area contributed by atoms with Gasteiger partial charge in [0.1, 0.15) is 5.76 Å². The van der Waals surface area contributed by atoms with Crippen molar-refractivity contribution >= 4 is 16.8 Å². The Bertz CT molecular complexity index is 605. The van der Waals surface area contributed by atoms with E-state index < -0.39 is 16.5 Å². The summed E-state index contributed by atoms with van der Waals surface area (Å²) in [5.74, 6) is 0.798. The third-order valence-corrected chi connectivity index (χ3v) is 5.81. The fraction of sp³-hybridized carbons (Fsp3) is 0.421. The highest BCUT2D eigenvalue weighted by atomic mass is 32.2. The summed E-state index contributed by atoms with van der Waals surface area (Å²) in [6.45, 7) is 5.73. The summed E-state index contributed by atoms with van der Waals surface area (Å²) >= 11 is 0. The molecule has 1 aromatic carbocycles. The van der Waals surface area contributed by atoms with Crippen LogP contribution in [0.2, 0.25) is 0 Å². The molecule has 5 heteroatoms. The van der Waals surface area contributed by atoms with Gasteiger partial charge in [-0.05, 0) is 49.6 Å². The number of hydrogen-bond acceptors (Lipinski definition) is 3. The van der Waals surface area contributed by atoms with E-state index in [0.717, 1.165) is 12.2 Å². The summed E-state index contributed by atoms with van der Waals surface area (Å²) in [5, 5.41) is 4.52. The Hall–Kier alpha value is -1.72. The molecule has 0 spiro atoms. The molecule has 0 aromatic heterocycles. The number of hydroxylamine groups is 1. The summed E-state index contributed by atoms with van der Waals surface area (Å²) in [4.78, 5) is 17.7. The predicted octanol–water partition coefficient (Wildman–Crippen LogP) is 3.85.